The molecule has 0 saturated heterocycles. The molecule has 0 spiro atoms. The Hall–Kier alpha value is -3.87. The molecule has 0 N–H and O–H groups in total. The van der Waals surface area contributed by atoms with Crippen LogP contribution in [0, 0.1) is 11.8 Å². The minimum atomic E-state index is 0.0439. The van der Waals surface area contributed by atoms with Gasteiger partial charge in [-0.2, -0.15) is 0 Å². The maximum Gasteiger partial charge on any atom is 0.177 e. The standard InChI is InChI=1S/C30H31N3O4/c1-35-27-17-22-24(31-19-20-9-7-10-21(20)29(22)34)18-28(27)37-15-6-2-5-14-33-25-12-4-3-11-23(25)32-30(33)26-13-8-16-36-26/h3-4,8,11-13,16-21H,2,5-7,9-10,14-15H2,1H3/t20-,21?/m0/s1. The van der Waals surface area contributed by atoms with Gasteiger partial charge in [0.15, 0.2) is 28.9 Å². The highest BCUT2D eigenvalue weighted by Gasteiger charge is 2.35. The first-order valence-corrected chi connectivity index (χ1v) is 13.2. The Morgan fingerprint density at radius 3 is 2.84 bits per heavy atom. The lowest BCUT2D eigenvalue weighted by Gasteiger charge is -2.15. The first-order valence-electron chi connectivity index (χ1n) is 13.2. The van der Waals surface area contributed by atoms with E-state index in [2.05, 4.69) is 15.6 Å². The number of benzene rings is 2. The molecular weight excluding hydrogens is 466 g/mol. The van der Waals surface area contributed by atoms with Gasteiger partial charge in [-0.15, -0.1) is 0 Å². The second-order valence-corrected chi connectivity index (χ2v) is 9.83. The van der Waals surface area contributed by atoms with E-state index in [1.807, 2.05) is 48.7 Å². The number of aryl methyl sites for hydroxylation is 1. The number of nitrogens with zero attached hydrogens (tertiary/aromatic N) is 3. The lowest BCUT2D eigenvalue weighted by atomic mass is 9.89. The first kappa shape index (κ1) is 23.5. The highest BCUT2D eigenvalue weighted by molar-refractivity contribution is 6.06. The molecule has 1 fully saturated rings. The number of hydrogen-bond donors (Lipinski definition) is 0. The lowest BCUT2D eigenvalue weighted by Crippen LogP contribution is -2.18. The van der Waals surface area contributed by atoms with Crippen molar-refractivity contribution in [1.82, 2.24) is 9.55 Å². The summed E-state index contributed by atoms with van der Waals surface area (Å²) >= 11 is 0. The van der Waals surface area contributed by atoms with Crippen molar-refractivity contribution in [2.75, 3.05) is 13.7 Å². The number of ether oxygens (including phenoxy) is 2. The lowest BCUT2D eigenvalue weighted by molar-refractivity contribution is 0.0912. The molecule has 190 valence electrons. The maximum absolute atomic E-state index is 13.1. The Balaban J connectivity index is 1.09. The molecule has 1 unspecified atom stereocenters. The predicted molar refractivity (Wildman–Crippen MR) is 143 cm³/mol. The van der Waals surface area contributed by atoms with Gasteiger partial charge in [0.2, 0.25) is 0 Å². The first-order chi connectivity index (χ1) is 18.2. The normalized spacial score (nSPS) is 18.6. The zero-order valence-electron chi connectivity index (χ0n) is 21.1. The van der Waals surface area contributed by atoms with Crippen molar-refractivity contribution in [3.05, 3.63) is 60.4 Å². The average Bonchev–Trinajstić information content (AvgIpc) is 3.67. The highest BCUT2D eigenvalue weighted by atomic mass is 16.5. The summed E-state index contributed by atoms with van der Waals surface area (Å²) in [5.41, 5.74) is 3.42. The van der Waals surface area contributed by atoms with Gasteiger partial charge in [-0.3, -0.25) is 9.79 Å². The Morgan fingerprint density at radius 1 is 1.05 bits per heavy atom. The summed E-state index contributed by atoms with van der Waals surface area (Å²) in [4.78, 5) is 22.6. The monoisotopic (exact) mass is 497 g/mol. The van der Waals surface area contributed by atoms with Crippen LogP contribution in [0.15, 0.2) is 64.2 Å². The molecule has 2 atom stereocenters. The number of aliphatic imine (C=N–C) groups is 1. The zero-order chi connectivity index (χ0) is 25.2. The molecule has 1 aliphatic heterocycles. The van der Waals surface area contributed by atoms with Crippen LogP contribution in [0.2, 0.25) is 0 Å². The van der Waals surface area contributed by atoms with Crippen LogP contribution in [0.5, 0.6) is 11.5 Å². The van der Waals surface area contributed by atoms with E-state index in [4.69, 9.17) is 18.9 Å². The molecule has 3 heterocycles. The number of aromatic nitrogens is 2. The van der Waals surface area contributed by atoms with Crippen LogP contribution in [-0.2, 0) is 6.54 Å². The molecule has 0 radical (unpaired) electrons. The second-order valence-electron chi connectivity index (χ2n) is 9.83. The van der Waals surface area contributed by atoms with E-state index in [9.17, 15) is 4.79 Å². The summed E-state index contributed by atoms with van der Waals surface area (Å²) in [6, 6.07) is 15.7. The fourth-order valence-electron chi connectivity index (χ4n) is 5.62. The third-order valence-electron chi connectivity index (χ3n) is 7.54. The molecule has 2 aliphatic rings. The van der Waals surface area contributed by atoms with E-state index in [1.165, 1.54) is 0 Å². The number of carbonyl (C=O) groups is 1. The molecule has 4 aromatic rings. The molecular formula is C30H31N3O4. The Kier molecular flexibility index (Phi) is 6.51. The van der Waals surface area contributed by atoms with Crippen molar-refractivity contribution >= 4 is 28.7 Å². The van der Waals surface area contributed by atoms with Crippen LogP contribution in [0.1, 0.15) is 48.9 Å². The second kappa shape index (κ2) is 10.2. The van der Waals surface area contributed by atoms with Crippen LogP contribution in [0.25, 0.3) is 22.6 Å². The minimum absolute atomic E-state index is 0.0439. The number of para-hydroxylation sites is 2. The third kappa shape index (κ3) is 4.54. The quantitative estimate of drug-likeness (QED) is 0.236. The van der Waals surface area contributed by atoms with Gasteiger partial charge in [0.05, 0.1) is 36.7 Å². The molecule has 2 aromatic heterocycles. The SMILES string of the molecule is COc1cc2c(cc1OCCCCCn1c(-c3ccco3)nc3ccccc31)N=C[C@@H]1CCCC1C2=O. The molecule has 1 saturated carbocycles. The van der Waals surface area contributed by atoms with Gasteiger partial charge >= 0.3 is 0 Å². The number of ketones is 1. The molecule has 0 amide bonds. The molecule has 1 aliphatic carbocycles. The van der Waals surface area contributed by atoms with Gasteiger partial charge in [-0.1, -0.05) is 18.6 Å². The van der Waals surface area contributed by atoms with Crippen LogP contribution in [-0.4, -0.2) is 35.3 Å². The minimum Gasteiger partial charge on any atom is -0.493 e. The van der Waals surface area contributed by atoms with Crippen molar-refractivity contribution in [2.24, 2.45) is 16.8 Å². The summed E-state index contributed by atoms with van der Waals surface area (Å²) in [5.74, 6) is 3.33. The van der Waals surface area contributed by atoms with E-state index in [0.29, 0.717) is 29.4 Å². The van der Waals surface area contributed by atoms with Crippen LogP contribution >= 0.6 is 0 Å². The third-order valence-corrected chi connectivity index (χ3v) is 7.54. The fourth-order valence-corrected chi connectivity index (χ4v) is 5.62. The van der Waals surface area contributed by atoms with Gasteiger partial charge in [0.25, 0.3) is 0 Å². The van der Waals surface area contributed by atoms with Crippen molar-refractivity contribution < 1.29 is 18.7 Å². The summed E-state index contributed by atoms with van der Waals surface area (Å²) < 4.78 is 19.6. The Morgan fingerprint density at radius 2 is 1.97 bits per heavy atom. The molecule has 6 rings (SSSR count). The maximum atomic E-state index is 13.1. The van der Waals surface area contributed by atoms with Crippen molar-refractivity contribution in [3.63, 3.8) is 0 Å². The van der Waals surface area contributed by atoms with E-state index in [0.717, 1.165) is 67.7 Å². The summed E-state index contributed by atoms with van der Waals surface area (Å²) in [6.07, 6.45) is 9.59. The van der Waals surface area contributed by atoms with Gasteiger partial charge < -0.3 is 18.5 Å². The number of rotatable bonds is 9. The molecule has 7 nitrogen and oxygen atoms in total. The van der Waals surface area contributed by atoms with Gasteiger partial charge in [-0.25, -0.2) is 4.98 Å². The number of imidazole rings is 1. The van der Waals surface area contributed by atoms with E-state index in [-0.39, 0.29) is 17.6 Å². The summed E-state index contributed by atoms with van der Waals surface area (Å²) in [5, 5.41) is 0. The fraction of sp³-hybridized carbons (Fsp3) is 0.367. The van der Waals surface area contributed by atoms with Crippen LogP contribution in [0.3, 0.4) is 0 Å². The largest absolute Gasteiger partial charge is 0.493 e. The van der Waals surface area contributed by atoms with E-state index in [1.54, 1.807) is 13.4 Å². The van der Waals surface area contributed by atoms with Gasteiger partial charge in [0, 0.05) is 36.2 Å². The highest BCUT2D eigenvalue weighted by Crippen LogP contribution is 2.42. The zero-order valence-corrected chi connectivity index (χ0v) is 21.1. The number of hydrogen-bond acceptors (Lipinski definition) is 6. The Bertz CT molecular complexity index is 1440. The Labute approximate surface area is 216 Å². The van der Waals surface area contributed by atoms with Crippen LogP contribution in [0.4, 0.5) is 5.69 Å². The number of methoxy groups -OCH3 is 1. The average molecular weight is 498 g/mol. The number of Topliss-reactive ketones (excluding diaryl/α,β-unsaturated/α-hetero) is 1. The number of furan rings is 1. The van der Waals surface area contributed by atoms with Crippen molar-refractivity contribution in [3.8, 4) is 23.1 Å². The van der Waals surface area contributed by atoms with Crippen LogP contribution < -0.4 is 9.47 Å². The number of fused-ring (bicyclic) bond motifs is 3. The summed E-state index contributed by atoms with van der Waals surface area (Å²) in [6.45, 7) is 1.41. The van der Waals surface area contributed by atoms with Crippen molar-refractivity contribution in [1.29, 1.82) is 0 Å². The molecule has 2 aromatic carbocycles. The van der Waals surface area contributed by atoms with Crippen molar-refractivity contribution in [2.45, 2.75) is 45.1 Å². The van der Waals surface area contributed by atoms with E-state index >= 15 is 0 Å². The van der Waals surface area contributed by atoms with Gasteiger partial charge in [0.1, 0.15) is 0 Å². The van der Waals surface area contributed by atoms with E-state index < -0.39 is 0 Å². The number of carbonyl (C=O) groups excluding carboxylic acids is 1. The molecule has 0 bridgehead atoms. The smallest absolute Gasteiger partial charge is 0.177 e. The molecule has 37 heavy (non-hydrogen) atoms. The molecule has 7 heteroatoms. The predicted octanol–water partition coefficient (Wildman–Crippen LogP) is 6.87. The topological polar surface area (TPSA) is 78.8 Å². The number of unbranched alkanes of at least 4 members (excludes halogenated alkanes) is 2. The summed E-state index contributed by atoms with van der Waals surface area (Å²) in [7, 11) is 1.61. The van der Waals surface area contributed by atoms with Gasteiger partial charge in [-0.05, 0) is 62.4 Å².